The van der Waals surface area contributed by atoms with Crippen LogP contribution in [0.1, 0.15) is 6.92 Å². The van der Waals surface area contributed by atoms with Crippen LogP contribution in [0.4, 0.5) is 0 Å². The molecule has 0 aromatic rings. The lowest BCUT2D eigenvalue weighted by atomic mass is 10.1. The number of cyclic esters (lactones) is 1. The van der Waals surface area contributed by atoms with Gasteiger partial charge in [-0.25, -0.2) is 4.79 Å². The van der Waals surface area contributed by atoms with Gasteiger partial charge in [-0.3, -0.25) is 4.99 Å². The van der Waals surface area contributed by atoms with Crippen molar-refractivity contribution in [3.05, 3.63) is 23.9 Å². The Morgan fingerprint density at radius 2 is 2.46 bits per heavy atom. The van der Waals surface area contributed by atoms with Crippen molar-refractivity contribution in [3.63, 3.8) is 0 Å². The van der Waals surface area contributed by atoms with Crippen molar-refractivity contribution in [2.24, 2.45) is 4.99 Å². The maximum absolute atomic E-state index is 11.0. The average molecular weight is 293 g/mol. The lowest BCUT2D eigenvalue weighted by Gasteiger charge is -1.96. The summed E-state index contributed by atoms with van der Waals surface area (Å²) >= 11 is 2.01. The zero-order valence-corrected chi connectivity index (χ0v) is 9.11. The number of esters is 1. The lowest BCUT2D eigenvalue weighted by Crippen LogP contribution is -2.04. The molecule has 0 aliphatic carbocycles. The van der Waals surface area contributed by atoms with Crippen LogP contribution in [0.5, 0.6) is 0 Å². The summed E-state index contributed by atoms with van der Waals surface area (Å²) in [7, 11) is 0. The molecule has 13 heavy (non-hydrogen) atoms. The molecule has 1 saturated heterocycles. The van der Waals surface area contributed by atoms with E-state index in [2.05, 4.69) is 16.3 Å². The number of carbonyl (C=O) groups excluding carboxylic acids is 1. The van der Waals surface area contributed by atoms with Gasteiger partial charge in [0.15, 0.2) is 0 Å². The Hall–Kier alpha value is -0.690. The minimum absolute atomic E-state index is 0.225. The average Bonchev–Trinajstić information content (AvgIpc) is 2.24. The monoisotopic (exact) mass is 293 g/mol. The zero-order valence-electron chi connectivity index (χ0n) is 6.95. The largest absolute Gasteiger partial charge is 0.428 e. The number of carbonyl (C=O) groups is 1. The Kier molecular flexibility index (Phi) is 3.21. The zero-order chi connectivity index (χ0) is 10.0. The topological polar surface area (TPSA) is 58.9 Å². The molecule has 70 valence electrons. The smallest absolute Gasteiger partial charge is 0.342 e. The number of ether oxygens (including phenoxy) is 1. The summed E-state index contributed by atoms with van der Waals surface area (Å²) in [5.41, 5.74) is 0.481. The van der Waals surface area contributed by atoms with E-state index in [1.165, 1.54) is 6.20 Å². The van der Waals surface area contributed by atoms with Gasteiger partial charge in [0.05, 0.1) is 9.29 Å². The van der Waals surface area contributed by atoms with E-state index in [0.717, 1.165) is 3.72 Å². The number of hydrogen-bond donors (Lipinski definition) is 1. The van der Waals surface area contributed by atoms with Crippen molar-refractivity contribution < 1.29 is 14.6 Å². The predicted molar refractivity (Wildman–Crippen MR) is 56.5 cm³/mol. The van der Waals surface area contributed by atoms with E-state index in [-0.39, 0.29) is 11.1 Å². The van der Waals surface area contributed by atoms with Crippen molar-refractivity contribution in [3.8, 4) is 0 Å². The highest BCUT2D eigenvalue weighted by Crippen LogP contribution is 2.23. The number of aliphatic imine (C=N–C) groups is 1. The summed E-state index contributed by atoms with van der Waals surface area (Å²) < 4.78 is 5.28. The summed E-state index contributed by atoms with van der Waals surface area (Å²) in [5, 5.41) is 9.07. The van der Waals surface area contributed by atoms with Crippen molar-refractivity contribution in [2.45, 2.75) is 13.2 Å². The molecule has 1 N–H and O–H groups in total. The Labute approximate surface area is 89.1 Å². The second-order valence-corrected chi connectivity index (χ2v) is 4.01. The fourth-order valence-corrected chi connectivity index (χ4v) is 0.929. The van der Waals surface area contributed by atoms with Crippen molar-refractivity contribution >= 4 is 32.3 Å². The molecule has 0 radical (unpaired) electrons. The van der Waals surface area contributed by atoms with Crippen LogP contribution in [0.25, 0.3) is 0 Å². The molecule has 1 unspecified atom stereocenters. The molecule has 1 fully saturated rings. The fraction of sp³-hybridized carbons (Fsp3) is 0.250. The minimum atomic E-state index is -1.22. The molecule has 1 atom stereocenters. The highest BCUT2D eigenvalue weighted by Gasteiger charge is 2.31. The van der Waals surface area contributed by atoms with Crippen molar-refractivity contribution in [1.82, 2.24) is 0 Å². The van der Waals surface area contributed by atoms with Gasteiger partial charge in [-0.1, -0.05) is 6.58 Å². The molecule has 0 bridgehead atoms. The van der Waals surface area contributed by atoms with Gasteiger partial charge in [0.25, 0.3) is 0 Å². The van der Waals surface area contributed by atoms with Crippen LogP contribution in [0.3, 0.4) is 0 Å². The van der Waals surface area contributed by atoms with E-state index >= 15 is 0 Å². The molecule has 0 amide bonds. The van der Waals surface area contributed by atoms with Crippen LogP contribution >= 0.6 is 22.6 Å². The van der Waals surface area contributed by atoms with E-state index in [1.807, 2.05) is 22.6 Å². The number of halogens is 1. The molecule has 1 heterocycles. The first-order valence-electron chi connectivity index (χ1n) is 3.50. The fourth-order valence-electron chi connectivity index (χ4n) is 0.789. The summed E-state index contributed by atoms with van der Waals surface area (Å²) in [6.07, 6.45) is 0.131. The van der Waals surface area contributed by atoms with Crippen LogP contribution < -0.4 is 0 Å². The van der Waals surface area contributed by atoms with Gasteiger partial charge in [0.1, 0.15) is 0 Å². The standard InChI is InChI=1S/C8H8INO3/c1-4-6(3-10-5(2)9)8(12)13-7(4)11/h3,7,11H,1H2,2H3/b6-3+,10-5?. The number of hydrogen-bond acceptors (Lipinski definition) is 4. The quantitative estimate of drug-likeness (QED) is 0.341. The molecule has 1 aliphatic rings. The van der Waals surface area contributed by atoms with E-state index in [9.17, 15) is 4.79 Å². The maximum atomic E-state index is 11.0. The molecule has 4 nitrogen and oxygen atoms in total. The minimum Gasteiger partial charge on any atom is -0.428 e. The van der Waals surface area contributed by atoms with Gasteiger partial charge in [-0.15, -0.1) is 0 Å². The highest BCUT2D eigenvalue weighted by atomic mass is 127. The lowest BCUT2D eigenvalue weighted by molar-refractivity contribution is -0.149. The molecule has 0 spiro atoms. The molecular formula is C8H8INO3. The Morgan fingerprint density at radius 3 is 2.85 bits per heavy atom. The summed E-state index contributed by atoms with van der Waals surface area (Å²) in [6.45, 7) is 5.30. The van der Waals surface area contributed by atoms with Gasteiger partial charge in [-0.05, 0) is 29.5 Å². The molecule has 0 aromatic heterocycles. The first-order valence-corrected chi connectivity index (χ1v) is 4.58. The van der Waals surface area contributed by atoms with Crippen LogP contribution in [0, 0.1) is 0 Å². The molecule has 1 rings (SSSR count). The van der Waals surface area contributed by atoms with E-state index in [1.54, 1.807) is 6.92 Å². The molecule has 0 saturated carbocycles. The number of rotatable bonds is 1. The van der Waals surface area contributed by atoms with Gasteiger partial charge in [0, 0.05) is 11.8 Å². The van der Waals surface area contributed by atoms with Crippen LogP contribution in [0.2, 0.25) is 0 Å². The second-order valence-electron chi connectivity index (χ2n) is 2.45. The third-order valence-electron chi connectivity index (χ3n) is 1.45. The second kappa shape index (κ2) is 4.01. The molecule has 0 aromatic carbocycles. The maximum Gasteiger partial charge on any atom is 0.342 e. The normalized spacial score (nSPS) is 26.8. The summed E-state index contributed by atoms with van der Waals surface area (Å²) in [6, 6.07) is 0. The van der Waals surface area contributed by atoms with E-state index in [4.69, 9.17) is 5.11 Å². The van der Waals surface area contributed by atoms with Gasteiger partial charge >= 0.3 is 5.97 Å². The third-order valence-corrected chi connectivity index (χ3v) is 1.73. The van der Waals surface area contributed by atoms with E-state index in [0.29, 0.717) is 0 Å². The van der Waals surface area contributed by atoms with Gasteiger partial charge in [0.2, 0.25) is 6.29 Å². The molecule has 5 heteroatoms. The van der Waals surface area contributed by atoms with E-state index < -0.39 is 12.3 Å². The van der Waals surface area contributed by atoms with Crippen LogP contribution in [-0.2, 0) is 9.53 Å². The van der Waals surface area contributed by atoms with Gasteiger partial charge < -0.3 is 9.84 Å². The number of aliphatic hydroxyl groups excluding tert-OH is 1. The molecular weight excluding hydrogens is 285 g/mol. The number of aliphatic hydroxyl groups is 1. The molecule has 1 aliphatic heterocycles. The summed E-state index contributed by atoms with van der Waals surface area (Å²) in [4.78, 5) is 14.9. The van der Waals surface area contributed by atoms with Crippen LogP contribution in [-0.4, -0.2) is 21.1 Å². The highest BCUT2D eigenvalue weighted by molar-refractivity contribution is 14.1. The first kappa shape index (κ1) is 10.4. The number of nitrogens with zero attached hydrogens (tertiary/aromatic N) is 1. The van der Waals surface area contributed by atoms with Crippen LogP contribution in [0.15, 0.2) is 28.9 Å². The SMILES string of the molecule is C=C1/C(=C\N=C(C)I)C(=O)OC1O. The first-order chi connectivity index (χ1) is 6.02. The Balaban J connectivity index is 2.92. The van der Waals surface area contributed by atoms with Crippen molar-refractivity contribution in [1.29, 1.82) is 0 Å². The summed E-state index contributed by atoms with van der Waals surface area (Å²) in [5.74, 6) is -0.584. The third kappa shape index (κ3) is 2.38. The Bertz CT molecular complexity index is 315. The van der Waals surface area contributed by atoms with Crippen molar-refractivity contribution in [2.75, 3.05) is 0 Å². The Morgan fingerprint density at radius 1 is 1.85 bits per heavy atom. The van der Waals surface area contributed by atoms with Gasteiger partial charge in [-0.2, -0.15) is 0 Å². The predicted octanol–water partition coefficient (Wildman–Crippen LogP) is 1.16.